The number of Topliss-reactive ketones (excluding diaryl/α,β-unsaturated/α-hetero) is 1. The molecule has 0 aromatic heterocycles. The Morgan fingerprint density at radius 1 is 1.12 bits per heavy atom. The van der Waals surface area contributed by atoms with Crippen LogP contribution in [0.3, 0.4) is 0 Å². The number of hydrogen-bond donors (Lipinski definition) is 1. The van der Waals surface area contributed by atoms with Crippen molar-refractivity contribution in [3.63, 3.8) is 0 Å². The molecule has 1 fully saturated rings. The molecule has 26 heavy (non-hydrogen) atoms. The van der Waals surface area contributed by atoms with E-state index in [9.17, 15) is 9.90 Å². The van der Waals surface area contributed by atoms with Crippen LogP contribution in [-0.2, 0) is 9.22 Å². The summed E-state index contributed by atoms with van der Waals surface area (Å²) >= 11 is 0. The fourth-order valence-electron chi connectivity index (χ4n) is 3.79. The number of carbonyl (C=O) groups is 1. The molecule has 3 unspecified atom stereocenters. The molecule has 5 heteroatoms. The highest BCUT2D eigenvalue weighted by atomic mass is 28.4. The maximum Gasteiger partial charge on any atom is 0.192 e. The Kier molecular flexibility index (Phi) is 6.38. The molecule has 1 aromatic rings. The van der Waals surface area contributed by atoms with Crippen LogP contribution in [0.15, 0.2) is 30.3 Å². The SMILES string of the molecule is CC(C)(C)[Si](C)(C)OC1CC(=O)C(CO)C1C[Si](C)(C)c1ccccc1. The molecule has 1 aliphatic carbocycles. The quantitative estimate of drug-likeness (QED) is 0.738. The highest BCUT2D eigenvalue weighted by Crippen LogP contribution is 2.43. The predicted molar refractivity (Wildman–Crippen MR) is 114 cm³/mol. The Bertz CT molecular complexity index is 620. The summed E-state index contributed by atoms with van der Waals surface area (Å²) in [5, 5.41) is 11.4. The number of ketones is 1. The van der Waals surface area contributed by atoms with Crippen LogP contribution in [0.5, 0.6) is 0 Å². The molecule has 0 radical (unpaired) electrons. The third kappa shape index (κ3) is 4.56. The predicted octanol–water partition coefficient (Wildman–Crippen LogP) is 4.19. The van der Waals surface area contributed by atoms with Crippen molar-refractivity contribution >= 4 is 27.4 Å². The zero-order valence-corrected chi connectivity index (χ0v) is 19.5. The minimum absolute atomic E-state index is 0.0453. The summed E-state index contributed by atoms with van der Waals surface area (Å²) < 4.78 is 6.69. The molecule has 1 aliphatic rings. The van der Waals surface area contributed by atoms with Gasteiger partial charge in [-0.3, -0.25) is 4.79 Å². The minimum atomic E-state index is -1.96. The van der Waals surface area contributed by atoms with E-state index in [0.29, 0.717) is 6.42 Å². The molecule has 1 aromatic carbocycles. The Morgan fingerprint density at radius 2 is 1.69 bits per heavy atom. The lowest BCUT2D eigenvalue weighted by molar-refractivity contribution is -0.122. The van der Waals surface area contributed by atoms with Gasteiger partial charge in [-0.05, 0) is 30.1 Å². The van der Waals surface area contributed by atoms with Gasteiger partial charge in [-0.1, -0.05) is 69.4 Å². The second kappa shape index (κ2) is 7.70. The van der Waals surface area contributed by atoms with Crippen molar-refractivity contribution in [2.75, 3.05) is 6.61 Å². The van der Waals surface area contributed by atoms with Gasteiger partial charge >= 0.3 is 0 Å². The van der Waals surface area contributed by atoms with Crippen molar-refractivity contribution < 1.29 is 14.3 Å². The van der Waals surface area contributed by atoms with Gasteiger partial charge in [0.15, 0.2) is 8.32 Å². The van der Waals surface area contributed by atoms with Crippen LogP contribution in [0.1, 0.15) is 27.2 Å². The first kappa shape index (κ1) is 21.5. The molecular weight excluding hydrogens is 356 g/mol. The molecule has 0 saturated heterocycles. The second-order valence-corrected chi connectivity index (χ2v) is 19.5. The molecule has 0 aliphatic heterocycles. The molecule has 3 nitrogen and oxygen atoms in total. The van der Waals surface area contributed by atoms with Crippen LogP contribution < -0.4 is 5.19 Å². The lowest BCUT2D eigenvalue weighted by Gasteiger charge is -2.41. The van der Waals surface area contributed by atoms with Gasteiger partial charge in [0.05, 0.1) is 20.8 Å². The largest absolute Gasteiger partial charge is 0.413 e. The highest BCUT2D eigenvalue weighted by molar-refractivity contribution is 6.89. The average molecular weight is 393 g/mol. The molecule has 0 spiro atoms. The molecule has 0 amide bonds. The van der Waals surface area contributed by atoms with E-state index in [1.165, 1.54) is 5.19 Å². The first-order valence-corrected chi connectivity index (χ1v) is 15.9. The fraction of sp³-hybridized carbons (Fsp3) is 0.667. The van der Waals surface area contributed by atoms with Gasteiger partial charge in [0.1, 0.15) is 5.78 Å². The smallest absolute Gasteiger partial charge is 0.192 e. The van der Waals surface area contributed by atoms with Gasteiger partial charge < -0.3 is 9.53 Å². The zero-order valence-electron chi connectivity index (χ0n) is 17.5. The van der Waals surface area contributed by atoms with Gasteiger partial charge in [0, 0.05) is 12.3 Å². The first-order chi connectivity index (χ1) is 11.9. The van der Waals surface area contributed by atoms with Crippen LogP contribution in [0.2, 0.25) is 37.3 Å². The number of rotatable bonds is 6. The summed E-state index contributed by atoms with van der Waals surface area (Å²) in [6, 6.07) is 11.6. The fourth-order valence-corrected chi connectivity index (χ4v) is 8.22. The Hall–Kier alpha value is -0.756. The molecule has 0 heterocycles. The Labute approximate surface area is 161 Å². The van der Waals surface area contributed by atoms with Crippen LogP contribution >= 0.6 is 0 Å². The van der Waals surface area contributed by atoms with Crippen LogP contribution in [0.25, 0.3) is 0 Å². The van der Waals surface area contributed by atoms with E-state index >= 15 is 0 Å². The summed E-state index contributed by atoms with van der Waals surface area (Å²) in [4.78, 5) is 12.6. The number of aliphatic hydroxyl groups excluding tert-OH is 1. The van der Waals surface area contributed by atoms with E-state index in [-0.39, 0.29) is 35.4 Å². The summed E-state index contributed by atoms with van der Waals surface area (Å²) in [6.07, 6.45) is 0.415. The standard InChI is InChI=1S/C21H36O3Si2/c1-21(2,3)26(6,7)24-20-13-19(23)17(14-22)18(20)15-25(4,5)16-11-9-8-10-12-16/h8-12,17-18,20,22H,13-15H2,1-7H3. The lowest BCUT2D eigenvalue weighted by Crippen LogP contribution is -2.48. The second-order valence-electron chi connectivity index (χ2n) is 9.99. The average Bonchev–Trinajstić information content (AvgIpc) is 2.80. The molecule has 146 valence electrons. The van der Waals surface area contributed by atoms with Crippen LogP contribution in [0.4, 0.5) is 0 Å². The van der Waals surface area contributed by atoms with Gasteiger partial charge in [-0.15, -0.1) is 0 Å². The molecule has 3 atom stereocenters. The Balaban J connectivity index is 2.27. The van der Waals surface area contributed by atoms with Crippen molar-refractivity contribution in [3.8, 4) is 0 Å². The zero-order chi connectivity index (χ0) is 19.8. The summed E-state index contributed by atoms with van der Waals surface area (Å²) in [5.41, 5.74) is 0. The van der Waals surface area contributed by atoms with Crippen molar-refractivity contribution in [2.24, 2.45) is 11.8 Å². The molecule has 0 bridgehead atoms. The number of hydrogen-bond acceptors (Lipinski definition) is 3. The third-order valence-corrected chi connectivity index (χ3v) is 14.5. The summed E-state index contributed by atoms with van der Waals surface area (Å²) in [6.45, 7) is 15.9. The van der Waals surface area contributed by atoms with E-state index in [2.05, 4.69) is 71.2 Å². The van der Waals surface area contributed by atoms with Gasteiger partial charge in [-0.25, -0.2) is 0 Å². The maximum absolute atomic E-state index is 12.6. The van der Waals surface area contributed by atoms with Crippen molar-refractivity contribution in [1.82, 2.24) is 0 Å². The van der Waals surface area contributed by atoms with E-state index < -0.39 is 16.4 Å². The maximum atomic E-state index is 12.6. The monoisotopic (exact) mass is 392 g/mol. The normalized spacial score (nSPS) is 24.9. The van der Waals surface area contributed by atoms with E-state index in [1.54, 1.807) is 0 Å². The van der Waals surface area contributed by atoms with Crippen LogP contribution in [-0.4, -0.2) is 40.0 Å². The van der Waals surface area contributed by atoms with E-state index in [0.717, 1.165) is 6.04 Å². The topological polar surface area (TPSA) is 46.5 Å². The molecule has 1 saturated carbocycles. The number of benzene rings is 1. The van der Waals surface area contributed by atoms with E-state index in [4.69, 9.17) is 4.43 Å². The van der Waals surface area contributed by atoms with Gasteiger partial charge in [0.25, 0.3) is 0 Å². The summed E-state index contributed by atoms with van der Waals surface area (Å²) in [5.74, 6) is 0.0443. The van der Waals surface area contributed by atoms with Crippen molar-refractivity contribution in [1.29, 1.82) is 0 Å². The van der Waals surface area contributed by atoms with Gasteiger partial charge in [-0.2, -0.15) is 0 Å². The molecular formula is C21H36O3Si2. The van der Waals surface area contributed by atoms with Crippen molar-refractivity contribution in [3.05, 3.63) is 30.3 Å². The number of aliphatic hydroxyl groups is 1. The third-order valence-electron chi connectivity index (χ3n) is 6.56. The first-order valence-electron chi connectivity index (χ1n) is 9.76. The highest BCUT2D eigenvalue weighted by Gasteiger charge is 2.49. The van der Waals surface area contributed by atoms with E-state index in [1.807, 2.05) is 6.07 Å². The van der Waals surface area contributed by atoms with Crippen molar-refractivity contribution in [2.45, 2.75) is 70.6 Å². The minimum Gasteiger partial charge on any atom is -0.413 e. The number of carbonyl (C=O) groups excluding carboxylic acids is 1. The molecule has 1 N–H and O–H groups in total. The van der Waals surface area contributed by atoms with Gasteiger partial charge in [0.2, 0.25) is 0 Å². The lowest BCUT2D eigenvalue weighted by atomic mass is 9.97. The molecule has 2 rings (SSSR count). The summed E-state index contributed by atoms with van der Waals surface area (Å²) in [7, 11) is -3.68. The Morgan fingerprint density at radius 3 is 2.19 bits per heavy atom. The van der Waals surface area contributed by atoms with Crippen LogP contribution in [0, 0.1) is 11.8 Å².